The van der Waals surface area contributed by atoms with Crippen molar-refractivity contribution in [3.05, 3.63) is 60.8 Å². The second-order valence-electron chi connectivity index (χ2n) is 11.4. The molecular weight excluding hydrogens is 558 g/mol. The number of aliphatic hydroxyl groups is 1. The number of allylic oxidation sites excluding steroid dienone is 10. The van der Waals surface area contributed by atoms with Crippen LogP contribution in [-0.2, 0) is 14.9 Å². The lowest BCUT2D eigenvalue weighted by atomic mass is 10.0. The Morgan fingerprint density at radius 3 is 1.65 bits per heavy atom. The molecule has 6 nitrogen and oxygen atoms in total. The van der Waals surface area contributed by atoms with Gasteiger partial charge in [-0.1, -0.05) is 139 Å². The second-order valence-corrected chi connectivity index (χ2v) is 12.9. The number of carbonyl (C=O) groups is 1. The highest BCUT2D eigenvalue weighted by atomic mass is 32.2. The predicted octanol–water partition coefficient (Wildman–Crippen LogP) is 9.34. The van der Waals surface area contributed by atoms with E-state index in [1.54, 1.807) is 0 Å². The van der Waals surface area contributed by atoms with Crippen LogP contribution in [0.3, 0.4) is 0 Å². The van der Waals surface area contributed by atoms with Gasteiger partial charge in [-0.05, 0) is 57.8 Å². The number of aliphatic hydroxyl groups excluding tert-OH is 1. The van der Waals surface area contributed by atoms with Crippen molar-refractivity contribution in [1.29, 1.82) is 0 Å². The molecule has 0 radical (unpaired) electrons. The molecule has 0 aromatic heterocycles. The van der Waals surface area contributed by atoms with Crippen molar-refractivity contribution >= 4 is 16.0 Å². The highest BCUT2D eigenvalue weighted by Crippen LogP contribution is 2.13. The maximum absolute atomic E-state index is 12.4. The Morgan fingerprint density at radius 2 is 1.12 bits per heavy atom. The molecule has 2 unspecified atom stereocenters. The lowest BCUT2D eigenvalue weighted by Gasteiger charge is -2.23. The van der Waals surface area contributed by atoms with Crippen LogP contribution >= 0.6 is 0 Å². The third-order valence-electron chi connectivity index (χ3n) is 7.24. The van der Waals surface area contributed by atoms with Crippen LogP contribution in [0, 0.1) is 0 Å². The summed E-state index contributed by atoms with van der Waals surface area (Å²) in [5.41, 5.74) is 0. The number of hydrogen-bond acceptors (Lipinski definition) is 4. The van der Waals surface area contributed by atoms with E-state index in [1.807, 2.05) is 0 Å². The number of amides is 1. The first kappa shape index (κ1) is 41.0. The summed E-state index contributed by atoms with van der Waals surface area (Å²) in [4.78, 5) is 12.4. The van der Waals surface area contributed by atoms with Gasteiger partial charge in [0.1, 0.15) is 0 Å². The van der Waals surface area contributed by atoms with Crippen LogP contribution in [0.25, 0.3) is 0 Å². The van der Waals surface area contributed by atoms with Crippen LogP contribution in [0.4, 0.5) is 0 Å². The summed E-state index contributed by atoms with van der Waals surface area (Å²) in [6, 6.07) is -0.980. The molecule has 7 heteroatoms. The van der Waals surface area contributed by atoms with Gasteiger partial charge in [0.2, 0.25) is 5.91 Å². The number of rotatable bonds is 29. The molecule has 0 aliphatic rings. The molecule has 1 amide bonds. The molecule has 0 aliphatic heterocycles. The van der Waals surface area contributed by atoms with E-state index in [1.165, 1.54) is 25.7 Å². The standard InChI is InChI=1S/C36H63NO5S/c1-3-5-7-9-11-12-13-14-15-16-17-18-19-20-21-22-23-24-26-28-30-32-36(39)37-34(33-43(40,41)42)35(38)31-29-27-25-10-8-6-4-2/h5,7,11-12,14-15,17-18,20-21,34-35,38H,3-4,6,8-10,13,16,19,22-33H2,1-2H3,(H,37,39)(H,40,41,42)/b7-5-,12-11-,15-14-,18-17-,21-20-. The fourth-order valence-electron chi connectivity index (χ4n) is 4.71. The normalized spacial score (nSPS) is 14.2. The summed E-state index contributed by atoms with van der Waals surface area (Å²) in [6.45, 7) is 4.32. The van der Waals surface area contributed by atoms with Crippen LogP contribution < -0.4 is 5.32 Å². The quantitative estimate of drug-likeness (QED) is 0.0439. The van der Waals surface area contributed by atoms with Gasteiger partial charge in [-0.2, -0.15) is 8.42 Å². The van der Waals surface area contributed by atoms with Crippen molar-refractivity contribution in [3.63, 3.8) is 0 Å². The smallest absolute Gasteiger partial charge is 0.266 e. The fourth-order valence-corrected chi connectivity index (χ4v) is 5.47. The van der Waals surface area contributed by atoms with Crippen molar-refractivity contribution in [2.45, 2.75) is 154 Å². The third kappa shape index (κ3) is 31.3. The van der Waals surface area contributed by atoms with Gasteiger partial charge in [0, 0.05) is 6.42 Å². The first-order chi connectivity index (χ1) is 20.8. The monoisotopic (exact) mass is 621 g/mol. The Kier molecular flexibility index (Phi) is 28.7. The molecule has 0 saturated carbocycles. The fraction of sp³-hybridized carbons (Fsp3) is 0.694. The molecular formula is C36H63NO5S. The van der Waals surface area contributed by atoms with Gasteiger partial charge in [0.15, 0.2) is 0 Å². The van der Waals surface area contributed by atoms with Crippen molar-refractivity contribution in [1.82, 2.24) is 5.32 Å². The van der Waals surface area contributed by atoms with Crippen LogP contribution in [-0.4, -0.2) is 41.9 Å². The van der Waals surface area contributed by atoms with Crippen molar-refractivity contribution in [3.8, 4) is 0 Å². The predicted molar refractivity (Wildman–Crippen MR) is 184 cm³/mol. The van der Waals surface area contributed by atoms with Gasteiger partial charge in [-0.15, -0.1) is 0 Å². The van der Waals surface area contributed by atoms with Gasteiger partial charge < -0.3 is 10.4 Å². The van der Waals surface area contributed by atoms with E-state index in [9.17, 15) is 22.9 Å². The molecule has 0 aromatic rings. The second kappa shape index (κ2) is 30.1. The molecule has 0 heterocycles. The summed E-state index contributed by atoms with van der Waals surface area (Å²) in [5, 5.41) is 13.2. The average molecular weight is 622 g/mol. The molecule has 0 aromatic carbocycles. The van der Waals surface area contributed by atoms with Crippen molar-refractivity contribution < 1.29 is 22.9 Å². The lowest BCUT2D eigenvalue weighted by Crippen LogP contribution is -2.47. The molecule has 43 heavy (non-hydrogen) atoms. The van der Waals surface area contributed by atoms with Crippen LogP contribution in [0.2, 0.25) is 0 Å². The minimum atomic E-state index is -4.31. The molecule has 0 saturated heterocycles. The Bertz CT molecular complexity index is 905. The molecule has 0 fully saturated rings. The highest BCUT2D eigenvalue weighted by molar-refractivity contribution is 7.85. The summed E-state index contributed by atoms with van der Waals surface area (Å²) >= 11 is 0. The minimum absolute atomic E-state index is 0.272. The number of hydrogen-bond donors (Lipinski definition) is 3. The average Bonchev–Trinajstić information content (AvgIpc) is 2.96. The first-order valence-corrected chi connectivity index (χ1v) is 18.6. The molecule has 248 valence electrons. The van der Waals surface area contributed by atoms with Crippen molar-refractivity contribution in [2.24, 2.45) is 0 Å². The number of unbranched alkanes of at least 4 members (excludes halogenated alkanes) is 11. The van der Waals surface area contributed by atoms with E-state index in [-0.39, 0.29) is 5.91 Å². The van der Waals surface area contributed by atoms with Gasteiger partial charge in [0.05, 0.1) is 17.9 Å². The van der Waals surface area contributed by atoms with Crippen LogP contribution in [0.5, 0.6) is 0 Å². The Labute approximate surface area is 264 Å². The first-order valence-electron chi connectivity index (χ1n) is 17.0. The van der Waals surface area contributed by atoms with E-state index in [0.717, 1.165) is 89.9 Å². The molecule has 0 spiro atoms. The largest absolute Gasteiger partial charge is 0.391 e. The number of nitrogens with one attached hydrogen (secondary N) is 1. The van der Waals surface area contributed by atoms with Gasteiger partial charge >= 0.3 is 0 Å². The summed E-state index contributed by atoms with van der Waals surface area (Å²) in [7, 11) is -4.31. The Balaban J connectivity index is 3.94. The zero-order valence-corrected chi connectivity index (χ0v) is 28.1. The van der Waals surface area contributed by atoms with Gasteiger partial charge in [-0.3, -0.25) is 9.35 Å². The SMILES string of the molecule is CC/C=C\C/C=C\C/C=C\C/C=C\C/C=C\CCCCCCCC(=O)NC(CS(=O)(=O)O)C(O)CCCCCCCCC. The lowest BCUT2D eigenvalue weighted by molar-refractivity contribution is -0.122. The van der Waals surface area contributed by atoms with Gasteiger partial charge in [0.25, 0.3) is 10.1 Å². The van der Waals surface area contributed by atoms with E-state index in [4.69, 9.17) is 0 Å². The summed E-state index contributed by atoms with van der Waals surface area (Å²) < 4.78 is 32.2. The Hall–Kier alpha value is -1.96. The maximum Gasteiger partial charge on any atom is 0.266 e. The summed E-state index contributed by atoms with van der Waals surface area (Å²) in [5.74, 6) is -0.933. The van der Waals surface area contributed by atoms with E-state index in [0.29, 0.717) is 12.8 Å². The van der Waals surface area contributed by atoms with Crippen molar-refractivity contribution in [2.75, 3.05) is 5.75 Å². The minimum Gasteiger partial charge on any atom is -0.391 e. The highest BCUT2D eigenvalue weighted by Gasteiger charge is 2.26. The topological polar surface area (TPSA) is 104 Å². The molecule has 0 rings (SSSR count). The molecule has 2 atom stereocenters. The van der Waals surface area contributed by atoms with Gasteiger partial charge in [-0.25, -0.2) is 0 Å². The Morgan fingerprint density at radius 1 is 0.651 bits per heavy atom. The maximum atomic E-state index is 12.4. The summed E-state index contributed by atoms with van der Waals surface area (Å²) in [6.07, 6.45) is 40.4. The molecule has 0 bridgehead atoms. The van der Waals surface area contributed by atoms with E-state index < -0.39 is 28.0 Å². The molecule has 3 N–H and O–H groups in total. The zero-order valence-electron chi connectivity index (χ0n) is 27.3. The van der Waals surface area contributed by atoms with E-state index in [2.05, 4.69) is 79.9 Å². The van der Waals surface area contributed by atoms with E-state index >= 15 is 0 Å². The third-order valence-corrected chi connectivity index (χ3v) is 8.02. The van der Waals surface area contributed by atoms with Crippen LogP contribution in [0.1, 0.15) is 142 Å². The number of carbonyl (C=O) groups excluding carboxylic acids is 1. The zero-order chi connectivity index (χ0) is 31.9. The van der Waals surface area contributed by atoms with Crippen LogP contribution in [0.15, 0.2) is 60.8 Å². The molecule has 0 aliphatic carbocycles.